The van der Waals surface area contributed by atoms with E-state index in [1.54, 1.807) is 0 Å². The van der Waals surface area contributed by atoms with Gasteiger partial charge in [-0.15, -0.1) is 0 Å². The van der Waals surface area contributed by atoms with Crippen molar-refractivity contribution in [1.82, 2.24) is 4.90 Å². The Bertz CT molecular complexity index is 281. The molecule has 0 aromatic heterocycles. The van der Waals surface area contributed by atoms with E-state index in [2.05, 4.69) is 52.0 Å². The standard InChI is InChI=1S/C11H14BrN/c1-9-2-4-10(5-3-9)7-13-8-11(13)6-12/h2-5,11H,6-8H2,1H3. The van der Waals surface area contributed by atoms with E-state index in [9.17, 15) is 0 Å². The Hall–Kier alpha value is -0.340. The Morgan fingerprint density at radius 2 is 2.08 bits per heavy atom. The second kappa shape index (κ2) is 3.81. The molecule has 13 heavy (non-hydrogen) atoms. The lowest BCUT2D eigenvalue weighted by Crippen LogP contribution is -2.02. The molecule has 0 bridgehead atoms. The number of aryl methyl sites for hydroxylation is 1. The molecule has 1 nitrogen and oxygen atoms in total. The van der Waals surface area contributed by atoms with Crippen LogP contribution in [-0.2, 0) is 6.54 Å². The summed E-state index contributed by atoms with van der Waals surface area (Å²) in [6.07, 6.45) is 0. The van der Waals surface area contributed by atoms with Gasteiger partial charge in [-0.1, -0.05) is 45.8 Å². The molecular formula is C11H14BrN. The van der Waals surface area contributed by atoms with Crippen molar-refractivity contribution in [3.63, 3.8) is 0 Å². The molecule has 0 N–H and O–H groups in total. The second-order valence-corrected chi connectivity index (χ2v) is 4.37. The van der Waals surface area contributed by atoms with Crippen molar-refractivity contribution in [1.29, 1.82) is 0 Å². The van der Waals surface area contributed by atoms with Crippen LogP contribution in [0.5, 0.6) is 0 Å². The van der Waals surface area contributed by atoms with Crippen LogP contribution in [0, 0.1) is 6.92 Å². The molecule has 1 aromatic carbocycles. The van der Waals surface area contributed by atoms with E-state index in [4.69, 9.17) is 0 Å². The third-order valence-corrected chi connectivity index (χ3v) is 3.26. The van der Waals surface area contributed by atoms with Gasteiger partial charge in [-0.3, -0.25) is 4.90 Å². The molecule has 1 heterocycles. The topological polar surface area (TPSA) is 3.01 Å². The number of hydrogen-bond donors (Lipinski definition) is 0. The van der Waals surface area contributed by atoms with Crippen molar-refractivity contribution in [3.8, 4) is 0 Å². The monoisotopic (exact) mass is 239 g/mol. The fraction of sp³-hybridized carbons (Fsp3) is 0.455. The third kappa shape index (κ3) is 2.32. The van der Waals surface area contributed by atoms with E-state index in [1.807, 2.05) is 0 Å². The highest BCUT2D eigenvalue weighted by Gasteiger charge is 2.31. The smallest absolute Gasteiger partial charge is 0.0324 e. The molecule has 2 rings (SSSR count). The minimum absolute atomic E-state index is 0.779. The van der Waals surface area contributed by atoms with Crippen LogP contribution in [0.25, 0.3) is 0 Å². The molecule has 0 aliphatic carbocycles. The SMILES string of the molecule is Cc1ccc(CN2CC2CBr)cc1. The highest BCUT2D eigenvalue weighted by atomic mass is 79.9. The summed E-state index contributed by atoms with van der Waals surface area (Å²) in [6.45, 7) is 4.48. The maximum absolute atomic E-state index is 3.50. The van der Waals surface area contributed by atoms with Crippen LogP contribution in [0.1, 0.15) is 11.1 Å². The second-order valence-electron chi connectivity index (χ2n) is 3.72. The Morgan fingerprint density at radius 3 is 2.62 bits per heavy atom. The Labute approximate surface area is 87.9 Å². The van der Waals surface area contributed by atoms with E-state index >= 15 is 0 Å². The molecule has 0 spiro atoms. The average molecular weight is 240 g/mol. The van der Waals surface area contributed by atoms with Crippen LogP contribution >= 0.6 is 15.9 Å². The van der Waals surface area contributed by atoms with Crippen LogP contribution < -0.4 is 0 Å². The number of hydrogen-bond acceptors (Lipinski definition) is 1. The summed E-state index contributed by atoms with van der Waals surface area (Å²) < 4.78 is 0. The number of halogens is 1. The largest absolute Gasteiger partial charge is 0.292 e. The predicted molar refractivity (Wildman–Crippen MR) is 59.2 cm³/mol. The molecule has 1 fully saturated rings. The first-order valence-corrected chi connectivity index (χ1v) is 5.77. The first-order chi connectivity index (χ1) is 6.29. The number of benzene rings is 1. The summed E-state index contributed by atoms with van der Waals surface area (Å²) in [6, 6.07) is 9.59. The fourth-order valence-electron chi connectivity index (χ4n) is 1.49. The average Bonchev–Trinajstić information content (AvgIpc) is 2.88. The minimum atomic E-state index is 0.779. The lowest BCUT2D eigenvalue weighted by atomic mass is 10.1. The van der Waals surface area contributed by atoms with Gasteiger partial charge < -0.3 is 0 Å². The summed E-state index contributed by atoms with van der Waals surface area (Å²) in [5.74, 6) is 0. The molecule has 2 unspecified atom stereocenters. The Morgan fingerprint density at radius 1 is 1.38 bits per heavy atom. The van der Waals surface area contributed by atoms with Gasteiger partial charge in [-0.05, 0) is 12.5 Å². The van der Waals surface area contributed by atoms with Gasteiger partial charge in [-0.2, -0.15) is 0 Å². The Balaban J connectivity index is 1.92. The first-order valence-electron chi connectivity index (χ1n) is 4.65. The molecule has 1 aromatic rings. The molecule has 2 atom stereocenters. The number of rotatable bonds is 3. The highest BCUT2D eigenvalue weighted by molar-refractivity contribution is 9.09. The summed E-state index contributed by atoms with van der Waals surface area (Å²) in [4.78, 5) is 2.47. The molecule has 0 amide bonds. The van der Waals surface area contributed by atoms with Crippen molar-refractivity contribution >= 4 is 15.9 Å². The normalized spacial score (nSPS) is 26.0. The van der Waals surface area contributed by atoms with Crippen molar-refractivity contribution in [2.75, 3.05) is 11.9 Å². The van der Waals surface area contributed by atoms with Crippen LogP contribution in [0.4, 0.5) is 0 Å². The van der Waals surface area contributed by atoms with E-state index in [0.29, 0.717) is 0 Å². The van der Waals surface area contributed by atoms with Gasteiger partial charge in [0, 0.05) is 24.5 Å². The molecule has 2 heteroatoms. The van der Waals surface area contributed by atoms with Gasteiger partial charge in [0.2, 0.25) is 0 Å². The zero-order valence-corrected chi connectivity index (χ0v) is 9.42. The third-order valence-electron chi connectivity index (χ3n) is 2.51. The minimum Gasteiger partial charge on any atom is -0.292 e. The van der Waals surface area contributed by atoms with Crippen molar-refractivity contribution in [2.24, 2.45) is 0 Å². The quantitative estimate of drug-likeness (QED) is 0.579. The van der Waals surface area contributed by atoms with Crippen molar-refractivity contribution in [2.45, 2.75) is 19.5 Å². The van der Waals surface area contributed by atoms with Crippen LogP contribution in [0.3, 0.4) is 0 Å². The van der Waals surface area contributed by atoms with Gasteiger partial charge in [0.1, 0.15) is 0 Å². The summed E-state index contributed by atoms with van der Waals surface area (Å²) in [5.41, 5.74) is 2.76. The van der Waals surface area contributed by atoms with Crippen molar-refractivity contribution in [3.05, 3.63) is 35.4 Å². The lowest BCUT2D eigenvalue weighted by Gasteiger charge is -2.02. The van der Waals surface area contributed by atoms with E-state index < -0.39 is 0 Å². The number of nitrogens with zero attached hydrogens (tertiary/aromatic N) is 1. The molecule has 0 radical (unpaired) electrons. The maximum Gasteiger partial charge on any atom is 0.0324 e. The molecule has 1 aliphatic rings. The molecule has 70 valence electrons. The molecule has 1 saturated heterocycles. The van der Waals surface area contributed by atoms with E-state index in [-0.39, 0.29) is 0 Å². The van der Waals surface area contributed by atoms with Gasteiger partial charge in [0.25, 0.3) is 0 Å². The molecular weight excluding hydrogens is 226 g/mol. The first kappa shape index (κ1) is 9.22. The summed E-state index contributed by atoms with van der Waals surface area (Å²) in [5, 5.41) is 1.11. The van der Waals surface area contributed by atoms with Gasteiger partial charge in [-0.25, -0.2) is 0 Å². The van der Waals surface area contributed by atoms with E-state index in [0.717, 1.165) is 17.9 Å². The van der Waals surface area contributed by atoms with Gasteiger partial charge in [0.15, 0.2) is 0 Å². The predicted octanol–water partition coefficient (Wildman–Crippen LogP) is 2.57. The van der Waals surface area contributed by atoms with E-state index in [1.165, 1.54) is 17.7 Å². The zero-order valence-electron chi connectivity index (χ0n) is 7.83. The van der Waals surface area contributed by atoms with Crippen LogP contribution in [0.2, 0.25) is 0 Å². The van der Waals surface area contributed by atoms with Crippen LogP contribution in [-0.4, -0.2) is 22.8 Å². The Kier molecular flexibility index (Phi) is 2.70. The fourth-order valence-corrected chi connectivity index (χ4v) is 2.11. The zero-order chi connectivity index (χ0) is 9.26. The summed E-state index contributed by atoms with van der Waals surface area (Å²) >= 11 is 3.50. The lowest BCUT2D eigenvalue weighted by molar-refractivity contribution is 0.518. The summed E-state index contributed by atoms with van der Waals surface area (Å²) in [7, 11) is 0. The molecule has 0 saturated carbocycles. The maximum atomic E-state index is 3.50. The highest BCUT2D eigenvalue weighted by Crippen LogP contribution is 2.22. The molecule has 1 aliphatic heterocycles. The number of alkyl halides is 1. The van der Waals surface area contributed by atoms with Crippen LogP contribution in [0.15, 0.2) is 24.3 Å². The van der Waals surface area contributed by atoms with Crippen molar-refractivity contribution < 1.29 is 0 Å². The van der Waals surface area contributed by atoms with Gasteiger partial charge >= 0.3 is 0 Å². The van der Waals surface area contributed by atoms with Gasteiger partial charge in [0.05, 0.1) is 0 Å².